The maximum Gasteiger partial charge on any atom is 0.322 e. The lowest BCUT2D eigenvalue weighted by molar-refractivity contribution is 0.0839. The van der Waals surface area contributed by atoms with Crippen molar-refractivity contribution < 1.29 is 14.3 Å². The molecule has 1 aliphatic heterocycles. The summed E-state index contributed by atoms with van der Waals surface area (Å²) in [7, 11) is 1.60. The van der Waals surface area contributed by atoms with Gasteiger partial charge in [0.25, 0.3) is 5.91 Å². The average Bonchev–Trinajstić information content (AvgIpc) is 3.28. The van der Waals surface area contributed by atoms with Gasteiger partial charge in [-0.1, -0.05) is 6.08 Å². The number of H-pyrrole nitrogens is 1. The van der Waals surface area contributed by atoms with Gasteiger partial charge in [-0.2, -0.15) is 15.0 Å². The number of nitrogens with one attached hydrogen (secondary N) is 2. The molecule has 10 heteroatoms. The van der Waals surface area contributed by atoms with Crippen LogP contribution < -0.4 is 15.0 Å². The van der Waals surface area contributed by atoms with Crippen molar-refractivity contribution >= 4 is 22.9 Å². The van der Waals surface area contributed by atoms with Crippen LogP contribution in [0.3, 0.4) is 0 Å². The molecule has 0 aromatic carbocycles. The Morgan fingerprint density at radius 3 is 2.94 bits per heavy atom. The lowest BCUT2D eigenvalue weighted by Crippen LogP contribution is -2.35. The Kier molecular flexibility index (Phi) is 7.69. The first-order valence-corrected chi connectivity index (χ1v) is 11.6. The predicted octanol–water partition coefficient (Wildman–Crippen LogP) is 2.85. The minimum atomic E-state index is -0.365. The summed E-state index contributed by atoms with van der Waals surface area (Å²) in [4.78, 5) is 35.6. The molecule has 180 valence electrons. The van der Waals surface area contributed by atoms with Crippen LogP contribution in [0, 0.1) is 0 Å². The Morgan fingerprint density at radius 2 is 2.18 bits per heavy atom. The van der Waals surface area contributed by atoms with E-state index < -0.39 is 0 Å². The van der Waals surface area contributed by atoms with Gasteiger partial charge in [-0.15, -0.1) is 6.58 Å². The van der Waals surface area contributed by atoms with E-state index in [1.165, 1.54) is 10.9 Å². The van der Waals surface area contributed by atoms with Crippen molar-refractivity contribution in [3.63, 3.8) is 0 Å². The third-order valence-corrected chi connectivity index (χ3v) is 5.85. The van der Waals surface area contributed by atoms with Gasteiger partial charge in [0.05, 0.1) is 6.61 Å². The second kappa shape index (κ2) is 11.1. The molecule has 0 aliphatic carbocycles. The Hall–Kier alpha value is -3.53. The normalized spacial score (nSPS) is 15.3. The molecule has 0 spiro atoms. The summed E-state index contributed by atoms with van der Waals surface area (Å²) >= 11 is 0. The number of aromatic nitrogens is 5. The molecule has 1 amide bonds. The van der Waals surface area contributed by atoms with E-state index in [-0.39, 0.29) is 23.8 Å². The number of rotatable bonds is 10. The number of carbonyl (C=O) groups is 1. The third-order valence-electron chi connectivity index (χ3n) is 5.85. The summed E-state index contributed by atoms with van der Waals surface area (Å²) < 4.78 is 11.0. The van der Waals surface area contributed by atoms with Crippen molar-refractivity contribution in [2.75, 3.05) is 38.3 Å². The van der Waals surface area contributed by atoms with E-state index in [0.29, 0.717) is 31.4 Å². The fourth-order valence-electron chi connectivity index (χ4n) is 4.16. The summed E-state index contributed by atoms with van der Waals surface area (Å²) in [6, 6.07) is 4.19. The van der Waals surface area contributed by atoms with Crippen LogP contribution in [-0.4, -0.2) is 70.3 Å². The topological polar surface area (TPSA) is 118 Å². The highest BCUT2D eigenvalue weighted by molar-refractivity contribution is 5.90. The number of carbonyl (C=O) groups excluding carboxylic acids is 1. The summed E-state index contributed by atoms with van der Waals surface area (Å²) in [6.07, 6.45) is 7.87. The SMILES string of the molecule is C=CCCNC(=O)c1nc(O[C@H](C)COC)nc(N2CCC(c3c[nH]c4ncccc34)CC2)n1. The standard InChI is InChI=1S/C24H31N7O3/c1-4-5-10-26-22(32)21-28-23(30-24(29-21)34-16(2)15-33-3)31-12-8-17(9-13-31)19-14-27-20-18(19)7-6-11-25-20/h4,6-7,11,14,16-17H,1,5,8-10,12-13,15H2,2-3H3,(H,25,27)(H,26,32)/t16-/m1/s1. The van der Waals surface area contributed by atoms with Gasteiger partial charge >= 0.3 is 6.01 Å². The summed E-state index contributed by atoms with van der Waals surface area (Å²) in [5, 5.41) is 3.98. The molecule has 1 saturated heterocycles. The van der Waals surface area contributed by atoms with Crippen LogP contribution in [0.25, 0.3) is 11.0 Å². The largest absolute Gasteiger partial charge is 0.458 e. The predicted molar refractivity (Wildman–Crippen MR) is 129 cm³/mol. The number of piperidine rings is 1. The summed E-state index contributed by atoms with van der Waals surface area (Å²) in [5.74, 6) is 0.534. The van der Waals surface area contributed by atoms with Crippen LogP contribution in [0.4, 0.5) is 5.95 Å². The highest BCUT2D eigenvalue weighted by atomic mass is 16.5. The average molecular weight is 466 g/mol. The smallest absolute Gasteiger partial charge is 0.322 e. The number of methoxy groups -OCH3 is 1. The van der Waals surface area contributed by atoms with Crippen LogP contribution in [0.5, 0.6) is 6.01 Å². The van der Waals surface area contributed by atoms with E-state index in [9.17, 15) is 4.79 Å². The molecular formula is C24H31N7O3. The molecular weight excluding hydrogens is 434 g/mol. The molecule has 10 nitrogen and oxygen atoms in total. The molecule has 0 saturated carbocycles. The third kappa shape index (κ3) is 5.51. The highest BCUT2D eigenvalue weighted by Crippen LogP contribution is 2.33. The quantitative estimate of drug-likeness (QED) is 0.347. The Balaban J connectivity index is 1.51. The lowest BCUT2D eigenvalue weighted by atomic mass is 9.89. The second-order valence-electron chi connectivity index (χ2n) is 8.36. The minimum Gasteiger partial charge on any atom is -0.458 e. The molecule has 2 N–H and O–H groups in total. The molecule has 0 radical (unpaired) electrons. The van der Waals surface area contributed by atoms with E-state index in [1.807, 2.05) is 13.0 Å². The van der Waals surface area contributed by atoms with Crippen LogP contribution >= 0.6 is 0 Å². The monoisotopic (exact) mass is 465 g/mol. The van der Waals surface area contributed by atoms with Crippen LogP contribution in [0.2, 0.25) is 0 Å². The molecule has 34 heavy (non-hydrogen) atoms. The number of pyridine rings is 1. The Morgan fingerprint density at radius 1 is 1.35 bits per heavy atom. The first-order chi connectivity index (χ1) is 16.6. The first-order valence-electron chi connectivity index (χ1n) is 11.6. The van der Waals surface area contributed by atoms with Crippen molar-refractivity contribution in [1.29, 1.82) is 0 Å². The molecule has 4 rings (SSSR count). The van der Waals surface area contributed by atoms with E-state index >= 15 is 0 Å². The molecule has 1 aliphatic rings. The van der Waals surface area contributed by atoms with E-state index in [2.05, 4.69) is 54.0 Å². The van der Waals surface area contributed by atoms with Gasteiger partial charge in [0, 0.05) is 44.5 Å². The number of aromatic amines is 1. The zero-order valence-electron chi connectivity index (χ0n) is 19.7. The molecule has 0 bridgehead atoms. The van der Waals surface area contributed by atoms with E-state index in [4.69, 9.17) is 9.47 Å². The molecule has 3 aromatic heterocycles. The van der Waals surface area contributed by atoms with Gasteiger partial charge in [0.2, 0.25) is 11.8 Å². The molecule has 0 unspecified atom stereocenters. The number of anilines is 1. The number of nitrogens with zero attached hydrogens (tertiary/aromatic N) is 5. The number of ether oxygens (including phenoxy) is 2. The first kappa shape index (κ1) is 23.6. The maximum atomic E-state index is 12.6. The summed E-state index contributed by atoms with van der Waals surface area (Å²) in [6.45, 7) is 7.89. The fourth-order valence-corrected chi connectivity index (χ4v) is 4.16. The van der Waals surface area contributed by atoms with Crippen LogP contribution in [0.1, 0.15) is 48.3 Å². The zero-order chi connectivity index (χ0) is 23.9. The van der Waals surface area contributed by atoms with Gasteiger partial charge in [-0.25, -0.2) is 4.98 Å². The summed E-state index contributed by atoms with van der Waals surface area (Å²) in [5.41, 5.74) is 2.20. The van der Waals surface area contributed by atoms with Crippen LogP contribution in [0.15, 0.2) is 37.2 Å². The van der Waals surface area contributed by atoms with Gasteiger partial charge in [-0.3, -0.25) is 4.79 Å². The highest BCUT2D eigenvalue weighted by Gasteiger charge is 2.26. The van der Waals surface area contributed by atoms with Crippen molar-refractivity contribution in [1.82, 2.24) is 30.2 Å². The van der Waals surface area contributed by atoms with Crippen molar-refractivity contribution in [2.45, 2.75) is 38.2 Å². The number of fused-ring (bicyclic) bond motifs is 1. The second-order valence-corrected chi connectivity index (χ2v) is 8.36. The van der Waals surface area contributed by atoms with Crippen molar-refractivity contribution in [3.8, 4) is 6.01 Å². The van der Waals surface area contributed by atoms with Gasteiger partial charge in [0.1, 0.15) is 11.8 Å². The maximum absolute atomic E-state index is 12.6. The Bertz CT molecular complexity index is 1120. The van der Waals surface area contributed by atoms with Gasteiger partial charge in [-0.05, 0) is 49.8 Å². The lowest BCUT2D eigenvalue weighted by Gasteiger charge is -2.32. The van der Waals surface area contributed by atoms with Crippen molar-refractivity contribution in [2.24, 2.45) is 0 Å². The molecule has 1 fully saturated rings. The van der Waals surface area contributed by atoms with E-state index in [0.717, 1.165) is 31.6 Å². The minimum absolute atomic E-state index is 0.0403. The van der Waals surface area contributed by atoms with Crippen LogP contribution in [-0.2, 0) is 4.74 Å². The Labute approximate surface area is 198 Å². The molecule has 1 atom stereocenters. The van der Waals surface area contributed by atoms with E-state index in [1.54, 1.807) is 19.4 Å². The molecule has 3 aromatic rings. The fraction of sp³-hybridized carbons (Fsp3) is 0.458. The number of hydrogen-bond acceptors (Lipinski definition) is 8. The van der Waals surface area contributed by atoms with Gasteiger partial charge in [0.15, 0.2) is 0 Å². The number of amides is 1. The number of hydrogen-bond donors (Lipinski definition) is 2. The van der Waals surface area contributed by atoms with Crippen molar-refractivity contribution in [3.05, 3.63) is 48.6 Å². The zero-order valence-corrected chi connectivity index (χ0v) is 19.7. The molecule has 4 heterocycles. The van der Waals surface area contributed by atoms with Gasteiger partial charge < -0.3 is 24.7 Å².